The molecule has 2 heterocycles. The Labute approximate surface area is 251 Å². The zero-order valence-corrected chi connectivity index (χ0v) is 26.1. The van der Waals surface area contributed by atoms with E-state index in [-0.39, 0.29) is 43.8 Å². The summed E-state index contributed by atoms with van der Waals surface area (Å²) in [6.07, 6.45) is 3.68. The van der Waals surface area contributed by atoms with Gasteiger partial charge in [-0.1, -0.05) is 41.5 Å². The van der Waals surface area contributed by atoms with Crippen LogP contribution in [0, 0.1) is 45.3 Å². The smallest absolute Gasteiger partial charge is 0.311 e. The summed E-state index contributed by atoms with van der Waals surface area (Å²) in [5.74, 6) is -15.1. The van der Waals surface area contributed by atoms with Gasteiger partial charge in [-0.15, -0.1) is 22.7 Å². The first kappa shape index (κ1) is 32.0. The second-order valence-corrected chi connectivity index (χ2v) is 15.5. The van der Waals surface area contributed by atoms with Crippen LogP contribution in [0.2, 0.25) is 0 Å². The van der Waals surface area contributed by atoms with Gasteiger partial charge < -0.3 is 10.6 Å². The molecule has 0 spiro atoms. The summed E-state index contributed by atoms with van der Waals surface area (Å²) in [6.45, 7) is 12.4. The topological polar surface area (TPSA) is 106 Å². The number of hydrogen-bond acceptors (Lipinski definition) is 6. The number of halogens is 4. The average Bonchev–Trinajstić information content (AvgIpc) is 3.42. The maximum absolute atomic E-state index is 15.0. The molecule has 2 atom stereocenters. The van der Waals surface area contributed by atoms with Crippen LogP contribution in [-0.4, -0.2) is 23.7 Å². The molecule has 2 aromatic rings. The van der Waals surface area contributed by atoms with Gasteiger partial charge in [0.05, 0.1) is 11.1 Å². The van der Waals surface area contributed by atoms with Gasteiger partial charge in [0, 0.05) is 9.75 Å². The first-order valence-electron chi connectivity index (χ1n) is 13.8. The zero-order valence-electron chi connectivity index (χ0n) is 24.4. The molecule has 42 heavy (non-hydrogen) atoms. The molecule has 0 bridgehead atoms. The molecule has 2 aliphatic rings. The summed E-state index contributed by atoms with van der Waals surface area (Å²) < 4.78 is 60.0. The van der Waals surface area contributed by atoms with Crippen molar-refractivity contribution in [2.45, 2.75) is 91.9 Å². The highest BCUT2D eigenvalue weighted by molar-refractivity contribution is 7.17. The quantitative estimate of drug-likeness (QED) is 0.333. The molecular formula is C30H34F4N4O2S2. The number of rotatable bonds is 5. The molecule has 0 saturated carbocycles. The molecule has 0 fully saturated rings. The molecule has 226 valence electrons. The summed E-state index contributed by atoms with van der Waals surface area (Å²) in [5, 5.41) is 22.5. The van der Waals surface area contributed by atoms with E-state index in [0.717, 1.165) is 45.3 Å². The molecule has 0 aliphatic heterocycles. The van der Waals surface area contributed by atoms with Crippen LogP contribution in [0.4, 0.5) is 27.6 Å². The third-order valence-corrected chi connectivity index (χ3v) is 11.0. The molecular weight excluding hydrogens is 588 g/mol. The second-order valence-electron chi connectivity index (χ2n) is 13.3. The normalized spacial score (nSPS) is 19.2. The van der Waals surface area contributed by atoms with Crippen molar-refractivity contribution in [3.05, 3.63) is 32.0 Å². The number of thiophene rings is 2. The number of nitrogens with one attached hydrogen (secondary N) is 2. The molecule has 0 saturated heterocycles. The van der Waals surface area contributed by atoms with Gasteiger partial charge in [-0.2, -0.15) is 28.1 Å². The van der Waals surface area contributed by atoms with Crippen LogP contribution >= 0.6 is 22.7 Å². The number of amides is 2. The second kappa shape index (κ2) is 10.9. The van der Waals surface area contributed by atoms with Crippen molar-refractivity contribution in [2.24, 2.45) is 22.7 Å². The van der Waals surface area contributed by atoms with E-state index in [2.05, 4.69) is 41.5 Å². The van der Waals surface area contributed by atoms with Crippen LogP contribution in [0.1, 0.15) is 86.4 Å². The standard InChI is InChI=1S/C30H34F4N4O2S2/c1-27(2,3)15-7-9-17-19(13-35)23(41-21(17)11-15)37-25(39)29(31,32)30(33,34)26(40)38-24-20(14-36)18-10-8-16(28(4,5)6)12-22(18)42-24/h15-16H,7-12H2,1-6H3,(H,37,39)(H,38,40). The molecule has 0 radical (unpaired) electrons. The van der Waals surface area contributed by atoms with E-state index in [0.29, 0.717) is 36.8 Å². The summed E-state index contributed by atoms with van der Waals surface area (Å²) in [5.41, 5.74) is 1.14. The molecule has 0 aromatic carbocycles. The van der Waals surface area contributed by atoms with E-state index in [1.807, 2.05) is 22.8 Å². The Balaban J connectivity index is 1.54. The molecule has 6 nitrogen and oxygen atoms in total. The van der Waals surface area contributed by atoms with Gasteiger partial charge >= 0.3 is 23.7 Å². The van der Waals surface area contributed by atoms with Gasteiger partial charge in [0.1, 0.15) is 22.1 Å². The van der Waals surface area contributed by atoms with Crippen LogP contribution in [0.3, 0.4) is 0 Å². The molecule has 12 heteroatoms. The van der Waals surface area contributed by atoms with Crippen LogP contribution in [0.5, 0.6) is 0 Å². The highest BCUT2D eigenvalue weighted by atomic mass is 32.1. The van der Waals surface area contributed by atoms with E-state index >= 15 is 17.6 Å². The van der Waals surface area contributed by atoms with Gasteiger partial charge in [-0.3, -0.25) is 9.59 Å². The number of fused-ring (bicyclic) bond motifs is 2. The number of carbonyl (C=O) groups is 2. The molecule has 2 unspecified atom stereocenters. The minimum absolute atomic E-state index is 0.0179. The summed E-state index contributed by atoms with van der Waals surface area (Å²) in [4.78, 5) is 26.7. The minimum atomic E-state index is -5.44. The first-order valence-corrected chi connectivity index (χ1v) is 15.4. The van der Waals surface area contributed by atoms with Gasteiger partial charge in [-0.05, 0) is 72.3 Å². The largest absolute Gasteiger partial charge is 0.396 e. The number of anilines is 2. The fourth-order valence-corrected chi connectivity index (χ4v) is 8.26. The minimum Gasteiger partial charge on any atom is -0.311 e. The SMILES string of the molecule is CC(C)(C)C1CCc2c(sc(NC(=O)C(F)(F)C(F)(F)C(=O)Nc3sc4c(c3C#N)CCC(C(C)(C)C)C4)c2C#N)C1. The lowest BCUT2D eigenvalue weighted by Crippen LogP contribution is -2.56. The number of alkyl halides is 4. The van der Waals surface area contributed by atoms with Crippen molar-refractivity contribution < 1.29 is 27.2 Å². The number of hydrogen-bond donors (Lipinski definition) is 2. The van der Waals surface area contributed by atoms with Gasteiger partial charge in [0.25, 0.3) is 0 Å². The molecule has 2 aliphatic carbocycles. The fraction of sp³-hybridized carbons (Fsp3) is 0.600. The van der Waals surface area contributed by atoms with Crippen molar-refractivity contribution in [2.75, 3.05) is 10.6 Å². The van der Waals surface area contributed by atoms with Crippen molar-refractivity contribution in [3.63, 3.8) is 0 Å². The predicted molar refractivity (Wildman–Crippen MR) is 155 cm³/mol. The van der Waals surface area contributed by atoms with Gasteiger partial charge in [-0.25, -0.2) is 0 Å². The van der Waals surface area contributed by atoms with Crippen LogP contribution < -0.4 is 10.6 Å². The maximum atomic E-state index is 15.0. The number of nitriles is 2. The lowest BCUT2D eigenvalue weighted by molar-refractivity contribution is -0.204. The Morgan fingerprint density at radius 3 is 1.33 bits per heavy atom. The lowest BCUT2D eigenvalue weighted by atomic mass is 9.72. The Morgan fingerprint density at radius 2 is 1.05 bits per heavy atom. The Bertz CT molecular complexity index is 1390. The molecule has 2 amide bonds. The lowest BCUT2D eigenvalue weighted by Gasteiger charge is -2.33. The zero-order chi connectivity index (χ0) is 31.4. The number of carbonyl (C=O) groups excluding carboxylic acids is 2. The third kappa shape index (κ3) is 5.68. The molecule has 2 N–H and O–H groups in total. The van der Waals surface area contributed by atoms with E-state index in [4.69, 9.17) is 0 Å². The van der Waals surface area contributed by atoms with Crippen molar-refractivity contribution in [1.82, 2.24) is 0 Å². The first-order chi connectivity index (χ1) is 19.3. The summed E-state index contributed by atoms with van der Waals surface area (Å²) in [7, 11) is 0. The highest BCUT2D eigenvalue weighted by Gasteiger charge is 2.67. The van der Waals surface area contributed by atoms with E-state index in [1.54, 1.807) is 0 Å². The van der Waals surface area contributed by atoms with E-state index in [1.165, 1.54) is 0 Å². The third-order valence-electron chi connectivity index (χ3n) is 8.62. The Morgan fingerprint density at radius 1 is 0.714 bits per heavy atom. The highest BCUT2D eigenvalue weighted by Crippen LogP contribution is 2.47. The van der Waals surface area contributed by atoms with Crippen LogP contribution in [0.25, 0.3) is 0 Å². The Kier molecular flexibility index (Phi) is 8.33. The van der Waals surface area contributed by atoms with Crippen LogP contribution in [0.15, 0.2) is 0 Å². The average molecular weight is 623 g/mol. The monoisotopic (exact) mass is 622 g/mol. The van der Waals surface area contributed by atoms with E-state index in [9.17, 15) is 20.1 Å². The summed E-state index contributed by atoms with van der Waals surface area (Å²) in [6, 6.07) is 3.82. The predicted octanol–water partition coefficient (Wildman–Crippen LogP) is 7.70. The summed E-state index contributed by atoms with van der Waals surface area (Å²) >= 11 is 1.85. The van der Waals surface area contributed by atoms with E-state index < -0.39 is 23.7 Å². The van der Waals surface area contributed by atoms with Crippen molar-refractivity contribution >= 4 is 44.5 Å². The maximum Gasteiger partial charge on any atom is 0.396 e. The van der Waals surface area contributed by atoms with Crippen LogP contribution in [-0.2, 0) is 35.3 Å². The number of nitrogens with zero attached hydrogens (tertiary/aromatic N) is 2. The molecule has 2 aromatic heterocycles. The molecule has 4 rings (SSSR count). The van der Waals surface area contributed by atoms with Gasteiger partial charge in [0.15, 0.2) is 0 Å². The fourth-order valence-electron chi connectivity index (χ4n) is 5.71. The van der Waals surface area contributed by atoms with Gasteiger partial charge in [0.2, 0.25) is 0 Å². The van der Waals surface area contributed by atoms with Crippen molar-refractivity contribution in [3.8, 4) is 12.1 Å². The van der Waals surface area contributed by atoms with Crippen molar-refractivity contribution in [1.29, 1.82) is 10.5 Å². The Hall–Kier alpha value is -2.96.